The monoisotopic (exact) mass is 322 g/mol. The maximum atomic E-state index is 11.1. The van der Waals surface area contributed by atoms with Crippen LogP contribution in [0.5, 0.6) is 0 Å². The van der Waals surface area contributed by atoms with Crippen LogP contribution in [0, 0.1) is 10.1 Å². The molecule has 0 aliphatic heterocycles. The number of nitrogens with one attached hydrogen (secondary N) is 1. The van der Waals surface area contributed by atoms with Gasteiger partial charge in [0.1, 0.15) is 5.01 Å². The highest BCUT2D eigenvalue weighted by Crippen LogP contribution is 2.35. The molecule has 0 saturated heterocycles. The fourth-order valence-electron chi connectivity index (χ4n) is 2.45. The van der Waals surface area contributed by atoms with Crippen molar-refractivity contribution >= 4 is 27.9 Å². The van der Waals surface area contributed by atoms with E-state index >= 15 is 0 Å². The van der Waals surface area contributed by atoms with E-state index in [0.717, 1.165) is 21.5 Å². The topological polar surface area (TPSA) is 84.7 Å². The van der Waals surface area contributed by atoms with E-state index in [1.54, 1.807) is 18.2 Å². The summed E-state index contributed by atoms with van der Waals surface area (Å²) in [4.78, 5) is 13.9. The van der Waals surface area contributed by atoms with Crippen LogP contribution in [-0.4, -0.2) is 20.1 Å². The molecule has 23 heavy (non-hydrogen) atoms. The van der Waals surface area contributed by atoms with E-state index in [1.165, 1.54) is 17.4 Å². The Morgan fingerprint density at radius 3 is 2.74 bits per heavy atom. The summed E-state index contributed by atoms with van der Waals surface area (Å²) in [5.41, 5.74) is 2.52. The first-order valence-electron chi connectivity index (χ1n) is 6.87. The van der Waals surface area contributed by atoms with Crippen molar-refractivity contribution in [3.63, 3.8) is 0 Å². The molecule has 4 aromatic rings. The summed E-state index contributed by atoms with van der Waals surface area (Å²) in [5.74, 6) is 0. The second-order valence-corrected chi connectivity index (χ2v) is 5.94. The Morgan fingerprint density at radius 2 is 1.87 bits per heavy atom. The molecule has 2 aromatic heterocycles. The number of nitrogens with zero attached hydrogens (tertiary/aromatic N) is 3. The predicted octanol–water partition coefficient (Wildman–Crippen LogP) is 4.26. The number of nitro groups is 1. The molecular formula is C16H10N4O2S. The highest BCUT2D eigenvalue weighted by Gasteiger charge is 2.18. The summed E-state index contributed by atoms with van der Waals surface area (Å²) in [6.07, 6.45) is 1.88. The van der Waals surface area contributed by atoms with Crippen LogP contribution in [0.3, 0.4) is 0 Å². The number of fused-ring (bicyclic) bond motifs is 1. The molecule has 0 aliphatic rings. The Bertz CT molecular complexity index is 1020. The Kier molecular flexibility index (Phi) is 3.13. The molecule has 2 heterocycles. The Balaban J connectivity index is 1.78. The quantitative estimate of drug-likeness (QED) is 0.451. The normalized spacial score (nSPS) is 11.0. The fourth-order valence-corrected chi connectivity index (χ4v) is 3.32. The lowest BCUT2D eigenvalue weighted by molar-refractivity contribution is -0.384. The van der Waals surface area contributed by atoms with Crippen LogP contribution in [0.1, 0.15) is 0 Å². The molecule has 0 bridgehead atoms. The molecule has 112 valence electrons. The van der Waals surface area contributed by atoms with Gasteiger partial charge in [-0.3, -0.25) is 10.1 Å². The van der Waals surface area contributed by atoms with E-state index in [9.17, 15) is 10.1 Å². The van der Waals surface area contributed by atoms with Gasteiger partial charge in [0.15, 0.2) is 5.01 Å². The third-order valence-corrected chi connectivity index (χ3v) is 4.56. The lowest BCUT2D eigenvalue weighted by atomic mass is 10.2. The Labute approximate surface area is 134 Å². The molecule has 1 N–H and O–H groups in total. The molecule has 0 atom stereocenters. The van der Waals surface area contributed by atoms with Crippen molar-refractivity contribution in [2.75, 3.05) is 0 Å². The number of nitro benzene ring substituents is 1. The summed E-state index contributed by atoms with van der Waals surface area (Å²) in [7, 11) is 0. The predicted molar refractivity (Wildman–Crippen MR) is 89.3 cm³/mol. The van der Waals surface area contributed by atoms with Crippen molar-refractivity contribution in [3.05, 3.63) is 64.8 Å². The SMILES string of the molecule is O=[N+]([O-])c1ccccc1-c1nnc(-c2ccc3[nH]ccc3c2)s1. The minimum absolute atomic E-state index is 0.0382. The van der Waals surface area contributed by atoms with E-state index in [0.29, 0.717) is 10.6 Å². The van der Waals surface area contributed by atoms with Crippen LogP contribution in [-0.2, 0) is 0 Å². The molecule has 4 rings (SSSR count). The summed E-state index contributed by atoms with van der Waals surface area (Å²) < 4.78 is 0. The van der Waals surface area contributed by atoms with Gasteiger partial charge in [0.2, 0.25) is 0 Å². The largest absolute Gasteiger partial charge is 0.361 e. The minimum Gasteiger partial charge on any atom is -0.361 e. The Morgan fingerprint density at radius 1 is 1.04 bits per heavy atom. The van der Waals surface area contributed by atoms with Crippen molar-refractivity contribution in [2.24, 2.45) is 0 Å². The van der Waals surface area contributed by atoms with E-state index in [-0.39, 0.29) is 5.69 Å². The van der Waals surface area contributed by atoms with E-state index in [4.69, 9.17) is 0 Å². The number of hydrogen-bond acceptors (Lipinski definition) is 5. The summed E-state index contributed by atoms with van der Waals surface area (Å²) in [6.45, 7) is 0. The average molecular weight is 322 g/mol. The number of rotatable bonds is 3. The minimum atomic E-state index is -0.401. The molecule has 0 aliphatic carbocycles. The van der Waals surface area contributed by atoms with E-state index in [1.807, 2.05) is 30.5 Å². The molecule has 0 radical (unpaired) electrons. The van der Waals surface area contributed by atoms with Crippen molar-refractivity contribution in [1.29, 1.82) is 0 Å². The lowest BCUT2D eigenvalue weighted by Crippen LogP contribution is -1.90. The van der Waals surface area contributed by atoms with Gasteiger partial charge in [0.05, 0.1) is 10.5 Å². The number of para-hydroxylation sites is 1. The third-order valence-electron chi connectivity index (χ3n) is 3.56. The third kappa shape index (κ3) is 2.36. The smallest absolute Gasteiger partial charge is 0.279 e. The summed E-state index contributed by atoms with van der Waals surface area (Å²) >= 11 is 1.34. The highest BCUT2D eigenvalue weighted by molar-refractivity contribution is 7.18. The zero-order chi connectivity index (χ0) is 15.8. The van der Waals surface area contributed by atoms with Gasteiger partial charge in [-0.25, -0.2) is 0 Å². The molecule has 0 spiro atoms. The van der Waals surface area contributed by atoms with Crippen molar-refractivity contribution in [1.82, 2.24) is 15.2 Å². The van der Waals surface area contributed by atoms with Crippen LogP contribution in [0.2, 0.25) is 0 Å². The molecular weight excluding hydrogens is 312 g/mol. The summed E-state index contributed by atoms with van der Waals surface area (Å²) in [6, 6.07) is 14.5. The highest BCUT2D eigenvalue weighted by atomic mass is 32.1. The average Bonchev–Trinajstić information content (AvgIpc) is 3.23. The van der Waals surface area contributed by atoms with Crippen molar-refractivity contribution in [3.8, 4) is 21.1 Å². The molecule has 0 amide bonds. The number of aromatic nitrogens is 3. The molecule has 0 unspecified atom stereocenters. The second-order valence-electron chi connectivity index (χ2n) is 4.97. The van der Waals surface area contributed by atoms with Gasteiger partial charge in [0.25, 0.3) is 5.69 Å². The lowest BCUT2D eigenvalue weighted by Gasteiger charge is -1.97. The summed E-state index contributed by atoms with van der Waals surface area (Å²) in [5, 5.41) is 21.8. The molecule has 2 aromatic carbocycles. The Hall–Kier alpha value is -3.06. The molecule has 0 saturated carbocycles. The number of H-pyrrole nitrogens is 1. The number of aromatic amines is 1. The van der Waals surface area contributed by atoms with Gasteiger partial charge in [-0.05, 0) is 30.3 Å². The second kappa shape index (κ2) is 5.29. The first-order valence-corrected chi connectivity index (χ1v) is 7.69. The van der Waals surface area contributed by atoms with Gasteiger partial charge < -0.3 is 4.98 Å². The maximum absolute atomic E-state index is 11.1. The van der Waals surface area contributed by atoms with Gasteiger partial charge in [-0.15, -0.1) is 10.2 Å². The molecule has 7 heteroatoms. The standard InChI is InChI=1S/C16H10N4O2S/c21-20(22)14-4-2-1-3-12(14)16-19-18-15(23-16)11-5-6-13-10(9-11)7-8-17-13/h1-9,17H. The van der Waals surface area contributed by atoms with Crippen LogP contribution in [0.15, 0.2) is 54.7 Å². The van der Waals surface area contributed by atoms with Gasteiger partial charge in [0, 0.05) is 28.7 Å². The van der Waals surface area contributed by atoms with Crippen LogP contribution >= 0.6 is 11.3 Å². The molecule has 6 nitrogen and oxygen atoms in total. The van der Waals surface area contributed by atoms with Gasteiger partial charge >= 0.3 is 0 Å². The number of hydrogen-bond donors (Lipinski definition) is 1. The van der Waals surface area contributed by atoms with Gasteiger partial charge in [-0.2, -0.15) is 0 Å². The fraction of sp³-hybridized carbons (Fsp3) is 0. The first-order chi connectivity index (χ1) is 11.2. The van der Waals surface area contributed by atoms with Crippen LogP contribution in [0.4, 0.5) is 5.69 Å². The van der Waals surface area contributed by atoms with E-state index < -0.39 is 4.92 Å². The van der Waals surface area contributed by atoms with Gasteiger partial charge in [-0.1, -0.05) is 23.5 Å². The van der Waals surface area contributed by atoms with Crippen LogP contribution < -0.4 is 0 Å². The maximum Gasteiger partial charge on any atom is 0.279 e. The zero-order valence-electron chi connectivity index (χ0n) is 11.8. The van der Waals surface area contributed by atoms with E-state index in [2.05, 4.69) is 15.2 Å². The van der Waals surface area contributed by atoms with Crippen molar-refractivity contribution in [2.45, 2.75) is 0 Å². The van der Waals surface area contributed by atoms with Crippen molar-refractivity contribution < 1.29 is 4.92 Å². The zero-order valence-corrected chi connectivity index (χ0v) is 12.6. The number of benzene rings is 2. The molecule has 0 fully saturated rings. The van der Waals surface area contributed by atoms with Crippen LogP contribution in [0.25, 0.3) is 32.0 Å². The first kappa shape index (κ1) is 13.6.